The maximum absolute atomic E-state index is 11.0. The van der Waals surface area contributed by atoms with Crippen molar-refractivity contribution in [3.8, 4) is 23.0 Å². The second-order valence-corrected chi connectivity index (χ2v) is 26.6. The number of aryl methyl sites for hydroxylation is 6. The van der Waals surface area contributed by atoms with Crippen LogP contribution in [0.3, 0.4) is 0 Å². The Morgan fingerprint density at radius 2 is 0.663 bits per heavy atom. The van der Waals surface area contributed by atoms with Crippen molar-refractivity contribution in [2.45, 2.75) is 352 Å². The van der Waals surface area contributed by atoms with E-state index in [1.54, 1.807) is 0 Å². The summed E-state index contributed by atoms with van der Waals surface area (Å²) in [7, 11) is 0. The zero-order valence-electron chi connectivity index (χ0n) is 61.5. The summed E-state index contributed by atoms with van der Waals surface area (Å²) in [5.41, 5.74) is 12.4. The monoisotopic (exact) mass is 1350 g/mol. The van der Waals surface area contributed by atoms with Crippen LogP contribution in [-0.4, -0.2) is 43.8 Å². The molecule has 0 radical (unpaired) electrons. The number of phenols is 4. The van der Waals surface area contributed by atoms with Crippen LogP contribution in [0, 0.1) is 0 Å². The smallest absolute Gasteiger partial charge is 0.545 e. The number of carboxylic acids is 2. The summed E-state index contributed by atoms with van der Waals surface area (Å²) < 4.78 is 0. The molecule has 4 aromatic rings. The van der Waals surface area contributed by atoms with Crippen molar-refractivity contribution in [3.63, 3.8) is 0 Å². The van der Waals surface area contributed by atoms with E-state index < -0.39 is 34.9 Å². The van der Waals surface area contributed by atoms with Gasteiger partial charge in [0.15, 0.2) is 23.0 Å². The van der Waals surface area contributed by atoms with Crippen molar-refractivity contribution in [1.29, 1.82) is 0 Å². The molecule has 10 nitrogen and oxygen atoms in total. The average molecular weight is 1360 g/mol. The number of benzene rings is 4. The normalized spacial score (nSPS) is 11.6. The van der Waals surface area contributed by atoms with Crippen LogP contribution in [0.2, 0.25) is 0 Å². The zero-order valence-corrected chi connectivity index (χ0v) is 62.5. The molecule has 4 N–H and O–H groups in total. The van der Waals surface area contributed by atoms with Gasteiger partial charge in [0.05, 0.1) is 34.7 Å². The molecule has 0 aliphatic rings. The van der Waals surface area contributed by atoms with Gasteiger partial charge in [0.25, 0.3) is 0 Å². The fraction of sp³-hybridized carbons (Fsp3) is 0.643. The van der Waals surface area contributed by atoms with E-state index in [2.05, 4.69) is 90.1 Å². The number of aliphatic imine (C=N–C) groups is 2. The number of rotatable bonds is 50. The molecular weight excluding hydrogens is 1220 g/mol. The maximum Gasteiger partial charge on any atom is 2.00 e. The first-order valence-corrected chi connectivity index (χ1v) is 38.3. The molecule has 0 unspecified atom stereocenters. The van der Waals surface area contributed by atoms with Crippen LogP contribution >= 0.6 is 0 Å². The number of phenolic OH excluding ortho intramolecular Hbond substituents is 2. The quantitative estimate of drug-likeness (QED) is 0.0146. The van der Waals surface area contributed by atoms with E-state index in [0.717, 1.165) is 92.4 Å². The Morgan fingerprint density at radius 3 is 0.979 bits per heavy atom. The van der Waals surface area contributed by atoms with Crippen molar-refractivity contribution < 1.29 is 56.7 Å². The Labute approximate surface area is 589 Å². The van der Waals surface area contributed by atoms with Crippen LogP contribution < -0.4 is 10.2 Å². The molecule has 95 heavy (non-hydrogen) atoms. The summed E-state index contributed by atoms with van der Waals surface area (Å²) in [6, 6.07) is 17.3. The summed E-state index contributed by atoms with van der Waals surface area (Å²) in [5.74, 6) is -4.86. The number of hydrogen-bond donors (Lipinski definition) is 4. The summed E-state index contributed by atoms with van der Waals surface area (Å²) in [5, 5.41) is 60.3. The molecule has 0 spiro atoms. The van der Waals surface area contributed by atoms with Crippen LogP contribution in [0.1, 0.15) is 366 Å². The number of carboxylic acid groups (broad SMARTS) is 2. The van der Waals surface area contributed by atoms with Crippen molar-refractivity contribution >= 4 is 34.7 Å². The van der Waals surface area contributed by atoms with Gasteiger partial charge in [-0.1, -0.05) is 267 Å². The largest absolute Gasteiger partial charge is 2.00 e. The molecule has 0 amide bonds. The van der Waals surface area contributed by atoms with Crippen molar-refractivity contribution in [2.75, 3.05) is 0 Å². The fourth-order valence-electron chi connectivity index (χ4n) is 12.5. The molecule has 0 saturated heterocycles. The van der Waals surface area contributed by atoms with E-state index in [4.69, 9.17) is 9.98 Å². The third kappa shape index (κ3) is 36.7. The van der Waals surface area contributed by atoms with E-state index in [1.165, 1.54) is 233 Å². The minimum atomic E-state index is -1.45. The van der Waals surface area contributed by atoms with Gasteiger partial charge in [-0.25, -0.2) is 4.99 Å². The molecule has 11 heteroatoms. The second-order valence-electron chi connectivity index (χ2n) is 26.6. The molecule has 0 aliphatic carbocycles. The molecule has 0 fully saturated rings. The van der Waals surface area contributed by atoms with Crippen LogP contribution in [0.15, 0.2) is 70.7 Å². The van der Waals surface area contributed by atoms with Crippen LogP contribution in [0.4, 0.5) is 11.4 Å². The number of nitrogens with zero attached hydrogens (tertiary/aromatic N) is 2. The van der Waals surface area contributed by atoms with Gasteiger partial charge in [-0.05, 0) is 190 Å². The Balaban J connectivity index is 0.00000103. The van der Waals surface area contributed by atoms with E-state index >= 15 is 0 Å². The number of carbonyl (C=O) groups is 2. The van der Waals surface area contributed by atoms with E-state index in [9.17, 15) is 40.2 Å². The summed E-state index contributed by atoms with van der Waals surface area (Å²) >= 11 is 0. The second kappa shape index (κ2) is 55.6. The minimum absolute atomic E-state index is 0. The predicted molar refractivity (Wildman–Crippen MR) is 397 cm³/mol. The van der Waals surface area contributed by atoms with Crippen LogP contribution in [-0.2, 0) is 67.9 Å². The molecule has 0 bridgehead atoms. The third-order valence-corrected chi connectivity index (χ3v) is 17.8. The van der Waals surface area contributed by atoms with Gasteiger partial charge in [0.2, 0.25) is 0 Å². The topological polar surface area (TPSA) is 186 Å². The standard InChI is InChI=1S/C58H98N2.2C13H18O4.Ni/c1-7-13-19-21-23-24-25-26-27-28-29-30-31-32-33-34-36-38-44-58(60-56-49-53(41-17-11-5)46-54(50-56)42-18-12-6)57(43-37-35-22-20-14-8-2)59-55-47-51(39-15-9-3)45-52(48-55)40-16-10-4;2*1-3-5-8-7-10(14)12(15)11(13(16)17)9(8)6-4-2;/h38,44-50H,7-37,39-43H2,1-6H3;2*7,14-15H,3-6H2,1-2H3,(H,16,17);/q;;;+2/p-2. The van der Waals surface area contributed by atoms with Gasteiger partial charge in [0, 0.05) is 11.1 Å². The Hall–Kier alpha value is -5.41. The van der Waals surface area contributed by atoms with E-state index in [1.807, 2.05) is 27.7 Å². The first kappa shape index (κ1) is 87.6. The number of hydrogen-bond acceptors (Lipinski definition) is 10. The third-order valence-electron chi connectivity index (χ3n) is 17.8. The van der Waals surface area contributed by atoms with E-state index in [0.29, 0.717) is 36.8 Å². The van der Waals surface area contributed by atoms with Gasteiger partial charge in [-0.15, -0.1) is 0 Å². The summed E-state index contributed by atoms with van der Waals surface area (Å²) in [6.45, 7) is 21.6. The summed E-state index contributed by atoms with van der Waals surface area (Å²) in [6.07, 6.45) is 57.2. The Morgan fingerprint density at radius 1 is 0.358 bits per heavy atom. The van der Waals surface area contributed by atoms with Gasteiger partial charge in [-0.3, -0.25) is 4.99 Å². The number of carbonyl (C=O) groups excluding carboxylic acids is 2. The van der Waals surface area contributed by atoms with Crippen LogP contribution in [0.5, 0.6) is 23.0 Å². The fourth-order valence-corrected chi connectivity index (χ4v) is 12.5. The van der Waals surface area contributed by atoms with Gasteiger partial charge in [0.1, 0.15) is 0 Å². The zero-order chi connectivity index (χ0) is 69.1. The molecule has 0 heterocycles. The number of aromatic hydroxyl groups is 4. The molecule has 536 valence electrons. The summed E-state index contributed by atoms with van der Waals surface area (Å²) in [4.78, 5) is 33.3. The van der Waals surface area contributed by atoms with Crippen LogP contribution in [0.25, 0.3) is 0 Å². The number of allylic oxidation sites excluding steroid dienone is 2. The number of unbranched alkanes of at least 4 members (excludes halogenated alkanes) is 25. The van der Waals surface area contributed by atoms with Gasteiger partial charge >= 0.3 is 16.5 Å². The molecule has 4 rings (SSSR count). The maximum atomic E-state index is 11.0. The van der Waals surface area contributed by atoms with Gasteiger partial charge < -0.3 is 40.2 Å². The van der Waals surface area contributed by atoms with Crippen molar-refractivity contribution in [2.24, 2.45) is 9.98 Å². The van der Waals surface area contributed by atoms with Crippen molar-refractivity contribution in [1.82, 2.24) is 0 Å². The van der Waals surface area contributed by atoms with Gasteiger partial charge in [-0.2, -0.15) is 0 Å². The van der Waals surface area contributed by atoms with Crippen molar-refractivity contribution in [3.05, 3.63) is 116 Å². The molecular formula is C84H132N2NiO8. The molecule has 0 atom stereocenters. The molecule has 0 saturated carbocycles. The van der Waals surface area contributed by atoms with E-state index in [-0.39, 0.29) is 27.6 Å². The first-order valence-electron chi connectivity index (χ1n) is 38.3. The Kier molecular flexibility index (Phi) is 51.2. The Bertz CT molecular complexity index is 2670. The number of aromatic carboxylic acids is 2. The SMILES string of the molecule is CCCCCCCCCCCCCCCCCCC=CC(=Nc1cc(CCCC)cc(CCCC)c1)C(CCCCCCCC)=Nc1cc(CCCC)cc(CCCC)c1.CCCc1cc(O)c(O)c(C(=O)[O-])c1CCC.CCCc1cc(O)c(O)c(C(=O)[O-])c1CCC.[Ni+2]. The molecule has 0 aliphatic heterocycles. The molecule has 4 aromatic carbocycles. The minimum Gasteiger partial charge on any atom is -0.545 e. The first-order chi connectivity index (χ1) is 45.6. The predicted octanol–water partition coefficient (Wildman–Crippen LogP) is 22.6. The molecule has 0 aromatic heterocycles. The average Bonchev–Trinajstić information content (AvgIpc) is 0.819.